The Morgan fingerprint density at radius 3 is 2.65 bits per heavy atom. The molecule has 2 N–H and O–H groups in total. The molecule has 2 rings (SSSR count). The van der Waals surface area contributed by atoms with Gasteiger partial charge >= 0.3 is 0 Å². The standard InChI is InChI=1S/C12H10F2N2O/c1-7-2-3-16-12(4-7)17-11-6-8(13)10(15)5-9(11)14/h2-6H,15H2,1H3. The first-order valence-electron chi connectivity index (χ1n) is 4.91. The molecular formula is C12H10F2N2O. The van der Waals surface area contributed by atoms with Crippen LogP contribution in [0.25, 0.3) is 0 Å². The molecule has 1 aromatic heterocycles. The molecular weight excluding hydrogens is 226 g/mol. The summed E-state index contributed by atoms with van der Waals surface area (Å²) in [7, 11) is 0. The van der Waals surface area contributed by atoms with Gasteiger partial charge in [-0.2, -0.15) is 0 Å². The van der Waals surface area contributed by atoms with Crippen LogP contribution in [0.3, 0.4) is 0 Å². The molecule has 0 aliphatic carbocycles. The Kier molecular flexibility index (Phi) is 2.91. The van der Waals surface area contributed by atoms with E-state index in [1.807, 2.05) is 6.92 Å². The molecule has 0 fully saturated rings. The molecule has 1 heterocycles. The summed E-state index contributed by atoms with van der Waals surface area (Å²) in [5.41, 5.74) is 5.87. The third kappa shape index (κ3) is 2.50. The molecule has 0 aliphatic heterocycles. The molecule has 0 atom stereocenters. The van der Waals surface area contributed by atoms with E-state index in [0.29, 0.717) is 0 Å². The van der Waals surface area contributed by atoms with Crippen molar-refractivity contribution in [2.24, 2.45) is 0 Å². The highest BCUT2D eigenvalue weighted by Crippen LogP contribution is 2.27. The van der Waals surface area contributed by atoms with E-state index in [2.05, 4.69) is 4.98 Å². The maximum Gasteiger partial charge on any atom is 0.219 e. The molecule has 0 unspecified atom stereocenters. The van der Waals surface area contributed by atoms with Gasteiger partial charge < -0.3 is 10.5 Å². The molecule has 0 saturated carbocycles. The Balaban J connectivity index is 2.33. The van der Waals surface area contributed by atoms with E-state index in [1.54, 1.807) is 12.1 Å². The molecule has 3 nitrogen and oxygen atoms in total. The fourth-order valence-corrected chi connectivity index (χ4v) is 1.30. The number of halogens is 2. The van der Waals surface area contributed by atoms with E-state index >= 15 is 0 Å². The van der Waals surface area contributed by atoms with Crippen LogP contribution in [0.2, 0.25) is 0 Å². The number of nitrogens with zero attached hydrogens (tertiary/aromatic N) is 1. The Morgan fingerprint density at radius 1 is 1.18 bits per heavy atom. The lowest BCUT2D eigenvalue weighted by molar-refractivity contribution is 0.423. The van der Waals surface area contributed by atoms with Crippen LogP contribution in [-0.2, 0) is 0 Å². The molecule has 0 spiro atoms. The molecule has 0 aliphatic rings. The normalized spacial score (nSPS) is 10.3. The second kappa shape index (κ2) is 4.37. The highest BCUT2D eigenvalue weighted by Gasteiger charge is 2.10. The van der Waals surface area contributed by atoms with Crippen LogP contribution < -0.4 is 10.5 Å². The molecule has 0 bridgehead atoms. The van der Waals surface area contributed by atoms with E-state index in [1.165, 1.54) is 6.20 Å². The summed E-state index contributed by atoms with van der Waals surface area (Å²) in [4.78, 5) is 3.89. The lowest BCUT2D eigenvalue weighted by Gasteiger charge is -2.07. The summed E-state index contributed by atoms with van der Waals surface area (Å²) >= 11 is 0. The minimum absolute atomic E-state index is 0.202. The molecule has 17 heavy (non-hydrogen) atoms. The van der Waals surface area contributed by atoms with Gasteiger partial charge in [0.05, 0.1) is 5.69 Å². The van der Waals surface area contributed by atoms with Crippen molar-refractivity contribution in [3.8, 4) is 11.6 Å². The highest BCUT2D eigenvalue weighted by atomic mass is 19.1. The number of anilines is 1. The average Bonchev–Trinajstić information content (AvgIpc) is 2.26. The van der Waals surface area contributed by atoms with Crippen molar-refractivity contribution in [1.29, 1.82) is 0 Å². The van der Waals surface area contributed by atoms with Crippen molar-refractivity contribution < 1.29 is 13.5 Å². The van der Waals surface area contributed by atoms with Gasteiger partial charge in [-0.1, -0.05) is 0 Å². The van der Waals surface area contributed by atoms with Gasteiger partial charge in [0.15, 0.2) is 11.6 Å². The van der Waals surface area contributed by atoms with E-state index in [-0.39, 0.29) is 17.3 Å². The largest absolute Gasteiger partial charge is 0.436 e. The quantitative estimate of drug-likeness (QED) is 0.815. The first-order chi connectivity index (χ1) is 8.06. The number of aryl methyl sites for hydroxylation is 1. The van der Waals surface area contributed by atoms with Crippen molar-refractivity contribution in [1.82, 2.24) is 4.98 Å². The van der Waals surface area contributed by atoms with Crippen molar-refractivity contribution in [2.75, 3.05) is 5.73 Å². The predicted octanol–water partition coefficient (Wildman–Crippen LogP) is 3.04. The monoisotopic (exact) mass is 236 g/mol. The van der Waals surface area contributed by atoms with Crippen molar-refractivity contribution in [3.05, 3.63) is 47.7 Å². The van der Waals surface area contributed by atoms with Crippen molar-refractivity contribution in [3.63, 3.8) is 0 Å². The maximum atomic E-state index is 13.4. The van der Waals surface area contributed by atoms with Crippen LogP contribution in [0.5, 0.6) is 11.6 Å². The number of hydrogen-bond acceptors (Lipinski definition) is 3. The number of aromatic nitrogens is 1. The first-order valence-corrected chi connectivity index (χ1v) is 4.91. The number of nitrogens with two attached hydrogens (primary N) is 1. The molecule has 5 heteroatoms. The topological polar surface area (TPSA) is 48.1 Å². The van der Waals surface area contributed by atoms with E-state index < -0.39 is 11.6 Å². The zero-order valence-electron chi connectivity index (χ0n) is 9.08. The summed E-state index contributed by atoms with van der Waals surface area (Å²) in [5, 5.41) is 0. The molecule has 0 saturated heterocycles. The van der Waals surface area contributed by atoms with Crippen LogP contribution in [-0.4, -0.2) is 4.98 Å². The fraction of sp³-hybridized carbons (Fsp3) is 0.0833. The molecule has 0 amide bonds. The number of hydrogen-bond donors (Lipinski definition) is 1. The zero-order chi connectivity index (χ0) is 12.4. The molecule has 2 aromatic rings. The Labute approximate surface area is 96.9 Å². The van der Waals surface area contributed by atoms with Gasteiger partial charge in [0.1, 0.15) is 5.82 Å². The summed E-state index contributed by atoms with van der Waals surface area (Å²) in [6.07, 6.45) is 1.52. The predicted molar refractivity (Wildman–Crippen MR) is 59.8 cm³/mol. The average molecular weight is 236 g/mol. The zero-order valence-corrected chi connectivity index (χ0v) is 9.08. The van der Waals surface area contributed by atoms with Crippen LogP contribution >= 0.6 is 0 Å². The smallest absolute Gasteiger partial charge is 0.219 e. The van der Waals surface area contributed by atoms with Crippen LogP contribution in [0.15, 0.2) is 30.5 Å². The fourth-order valence-electron chi connectivity index (χ4n) is 1.30. The molecule has 0 radical (unpaired) electrons. The Bertz CT molecular complexity index is 558. The second-order valence-electron chi connectivity index (χ2n) is 3.58. The third-order valence-corrected chi connectivity index (χ3v) is 2.16. The number of nitrogen functional groups attached to an aromatic ring is 1. The minimum Gasteiger partial charge on any atom is -0.436 e. The minimum atomic E-state index is -0.729. The summed E-state index contributed by atoms with van der Waals surface area (Å²) in [6.45, 7) is 1.84. The number of ether oxygens (including phenoxy) is 1. The number of pyridine rings is 1. The SMILES string of the molecule is Cc1ccnc(Oc2cc(F)c(N)cc2F)c1. The van der Waals surface area contributed by atoms with Gasteiger partial charge in [0.25, 0.3) is 0 Å². The van der Waals surface area contributed by atoms with Gasteiger partial charge in [-0.25, -0.2) is 13.8 Å². The van der Waals surface area contributed by atoms with Crippen LogP contribution in [0.4, 0.5) is 14.5 Å². The van der Waals surface area contributed by atoms with E-state index in [0.717, 1.165) is 17.7 Å². The van der Waals surface area contributed by atoms with E-state index in [4.69, 9.17) is 10.5 Å². The molecule has 88 valence electrons. The van der Waals surface area contributed by atoms with Crippen LogP contribution in [0.1, 0.15) is 5.56 Å². The van der Waals surface area contributed by atoms with Gasteiger partial charge in [-0.05, 0) is 18.6 Å². The summed E-state index contributed by atoms with van der Waals surface area (Å²) < 4.78 is 31.7. The lowest BCUT2D eigenvalue weighted by Crippen LogP contribution is -1.96. The maximum absolute atomic E-state index is 13.4. The van der Waals surface area contributed by atoms with Crippen LogP contribution in [0, 0.1) is 18.6 Å². The summed E-state index contributed by atoms with van der Waals surface area (Å²) in [5.74, 6) is -1.50. The lowest BCUT2D eigenvalue weighted by atomic mass is 10.3. The number of rotatable bonds is 2. The van der Waals surface area contributed by atoms with E-state index in [9.17, 15) is 8.78 Å². The number of benzene rings is 1. The Morgan fingerprint density at radius 2 is 1.94 bits per heavy atom. The van der Waals surface area contributed by atoms with Gasteiger partial charge in [0.2, 0.25) is 5.88 Å². The Hall–Kier alpha value is -2.17. The summed E-state index contributed by atoms with van der Waals surface area (Å²) in [6, 6.07) is 5.16. The highest BCUT2D eigenvalue weighted by molar-refractivity contribution is 5.45. The molecule has 1 aromatic carbocycles. The first kappa shape index (κ1) is 11.3. The third-order valence-electron chi connectivity index (χ3n) is 2.16. The second-order valence-corrected chi connectivity index (χ2v) is 3.58. The van der Waals surface area contributed by atoms with Crippen molar-refractivity contribution in [2.45, 2.75) is 6.92 Å². The van der Waals surface area contributed by atoms with Gasteiger partial charge in [0, 0.05) is 24.4 Å². The van der Waals surface area contributed by atoms with Gasteiger partial charge in [-0.3, -0.25) is 0 Å². The van der Waals surface area contributed by atoms with Gasteiger partial charge in [-0.15, -0.1) is 0 Å². The van der Waals surface area contributed by atoms with Crippen molar-refractivity contribution >= 4 is 5.69 Å².